The second kappa shape index (κ2) is 3.62. The van der Waals surface area contributed by atoms with Crippen molar-refractivity contribution in [3.05, 3.63) is 12.4 Å². The van der Waals surface area contributed by atoms with Gasteiger partial charge in [-0.1, -0.05) is 0 Å². The molecule has 94 valence electrons. The summed E-state index contributed by atoms with van der Waals surface area (Å²) in [6.07, 6.45) is 4.55. The number of anilines is 1. The number of aliphatic carboxylic acids is 1. The molecule has 2 aromatic heterocycles. The van der Waals surface area contributed by atoms with Crippen molar-refractivity contribution in [3.63, 3.8) is 0 Å². The maximum atomic E-state index is 11.5. The van der Waals surface area contributed by atoms with Crippen molar-refractivity contribution in [2.24, 2.45) is 0 Å². The minimum Gasteiger partial charge on any atom is -0.480 e. The first-order valence-electron chi connectivity index (χ1n) is 5.66. The van der Waals surface area contributed by atoms with E-state index in [1.807, 2.05) is 0 Å². The maximum absolute atomic E-state index is 11.5. The van der Waals surface area contributed by atoms with Crippen molar-refractivity contribution >= 4 is 17.4 Å². The predicted molar refractivity (Wildman–Crippen MR) is 61.2 cm³/mol. The summed E-state index contributed by atoms with van der Waals surface area (Å²) in [5.74, 6) is -0.232. The Morgan fingerprint density at radius 2 is 2.33 bits per heavy atom. The Hall–Kier alpha value is -2.25. The molecule has 1 saturated heterocycles. The monoisotopic (exact) mass is 248 g/mol. The summed E-state index contributed by atoms with van der Waals surface area (Å²) in [6, 6.07) is 0. The topological polar surface area (TPSA) is 96.5 Å². The zero-order valence-corrected chi connectivity index (χ0v) is 9.81. The SMILES string of the molecule is CC1(C(=O)O)CCCN1c1cncc2nnnn12. The Morgan fingerprint density at radius 3 is 3.11 bits per heavy atom. The molecule has 3 heterocycles. The fourth-order valence-electron chi connectivity index (χ4n) is 2.40. The molecular weight excluding hydrogens is 236 g/mol. The minimum absolute atomic E-state index is 0.507. The Balaban J connectivity index is 2.14. The second-order valence-corrected chi connectivity index (χ2v) is 4.55. The number of hydrogen-bond acceptors (Lipinski definition) is 6. The first-order chi connectivity index (χ1) is 8.63. The fourth-order valence-corrected chi connectivity index (χ4v) is 2.40. The van der Waals surface area contributed by atoms with E-state index in [4.69, 9.17) is 0 Å². The number of carboxylic acids is 1. The van der Waals surface area contributed by atoms with Crippen LogP contribution in [-0.4, -0.2) is 48.2 Å². The van der Waals surface area contributed by atoms with Gasteiger partial charge in [0.15, 0.2) is 11.5 Å². The quantitative estimate of drug-likeness (QED) is 0.796. The maximum Gasteiger partial charge on any atom is 0.329 e. The number of aromatic nitrogens is 5. The molecule has 0 spiro atoms. The van der Waals surface area contributed by atoms with E-state index >= 15 is 0 Å². The van der Waals surface area contributed by atoms with Crippen molar-refractivity contribution in [1.29, 1.82) is 0 Å². The van der Waals surface area contributed by atoms with Gasteiger partial charge in [-0.25, -0.2) is 4.79 Å². The third-order valence-corrected chi connectivity index (χ3v) is 3.47. The van der Waals surface area contributed by atoms with Gasteiger partial charge in [0.25, 0.3) is 0 Å². The molecule has 1 atom stereocenters. The molecule has 1 aliphatic rings. The first kappa shape index (κ1) is 10.9. The van der Waals surface area contributed by atoms with Crippen molar-refractivity contribution in [2.45, 2.75) is 25.3 Å². The molecule has 0 saturated carbocycles. The number of carboxylic acid groups (broad SMARTS) is 1. The second-order valence-electron chi connectivity index (χ2n) is 4.55. The summed E-state index contributed by atoms with van der Waals surface area (Å²) in [5.41, 5.74) is -0.422. The van der Waals surface area contributed by atoms with E-state index in [1.54, 1.807) is 18.0 Å². The van der Waals surface area contributed by atoms with Crippen molar-refractivity contribution in [1.82, 2.24) is 25.0 Å². The van der Waals surface area contributed by atoms with E-state index in [0.29, 0.717) is 24.4 Å². The molecule has 0 aliphatic carbocycles. The van der Waals surface area contributed by atoms with Crippen molar-refractivity contribution < 1.29 is 9.90 Å². The summed E-state index contributed by atoms with van der Waals surface area (Å²) in [4.78, 5) is 17.3. The van der Waals surface area contributed by atoms with Crippen molar-refractivity contribution in [3.8, 4) is 0 Å². The first-order valence-corrected chi connectivity index (χ1v) is 5.66. The van der Waals surface area contributed by atoms with Crippen molar-refractivity contribution in [2.75, 3.05) is 11.4 Å². The molecule has 1 fully saturated rings. The zero-order chi connectivity index (χ0) is 12.8. The lowest BCUT2D eigenvalue weighted by atomic mass is 9.99. The van der Waals surface area contributed by atoms with Gasteiger partial charge >= 0.3 is 5.97 Å². The zero-order valence-electron chi connectivity index (χ0n) is 9.81. The third kappa shape index (κ3) is 1.35. The van der Waals surface area contributed by atoms with Gasteiger partial charge in [-0.3, -0.25) is 4.98 Å². The normalized spacial score (nSPS) is 23.7. The Morgan fingerprint density at radius 1 is 1.50 bits per heavy atom. The van der Waals surface area contributed by atoms with Crippen LogP contribution in [0.4, 0.5) is 5.82 Å². The highest BCUT2D eigenvalue weighted by Crippen LogP contribution is 2.33. The Bertz CT molecular complexity index is 611. The Labute approximate surface area is 102 Å². The molecule has 3 rings (SSSR count). The molecule has 1 aliphatic heterocycles. The Kier molecular flexibility index (Phi) is 2.19. The van der Waals surface area contributed by atoms with Gasteiger partial charge < -0.3 is 10.0 Å². The highest BCUT2D eigenvalue weighted by Gasteiger charge is 2.44. The average molecular weight is 248 g/mol. The van der Waals surface area contributed by atoms with Crippen LogP contribution in [0.15, 0.2) is 12.4 Å². The number of rotatable bonds is 2. The molecule has 0 bridgehead atoms. The van der Waals surface area contributed by atoms with E-state index in [9.17, 15) is 9.90 Å². The molecule has 0 aromatic carbocycles. The van der Waals surface area contributed by atoms with Gasteiger partial charge in [-0.2, -0.15) is 4.52 Å². The minimum atomic E-state index is -0.929. The van der Waals surface area contributed by atoms with Gasteiger partial charge in [0.2, 0.25) is 0 Å². The molecule has 8 heteroatoms. The number of tetrazole rings is 1. The summed E-state index contributed by atoms with van der Waals surface area (Å²) in [6.45, 7) is 2.37. The number of fused-ring (bicyclic) bond motifs is 1. The lowest BCUT2D eigenvalue weighted by Gasteiger charge is -2.32. The van der Waals surface area contributed by atoms with E-state index < -0.39 is 11.5 Å². The largest absolute Gasteiger partial charge is 0.480 e. The van der Waals surface area contributed by atoms with Crippen LogP contribution in [0.1, 0.15) is 19.8 Å². The lowest BCUT2D eigenvalue weighted by molar-refractivity contribution is -0.142. The summed E-state index contributed by atoms with van der Waals surface area (Å²) < 4.78 is 1.51. The lowest BCUT2D eigenvalue weighted by Crippen LogP contribution is -2.48. The third-order valence-electron chi connectivity index (χ3n) is 3.47. The van der Waals surface area contributed by atoms with E-state index in [-0.39, 0.29) is 0 Å². The van der Waals surface area contributed by atoms with Gasteiger partial charge in [-0.15, -0.1) is 5.10 Å². The molecule has 0 radical (unpaired) electrons. The number of hydrogen-bond donors (Lipinski definition) is 1. The van der Waals surface area contributed by atoms with Crippen LogP contribution in [0.5, 0.6) is 0 Å². The molecule has 1 N–H and O–H groups in total. The van der Waals surface area contributed by atoms with E-state index in [2.05, 4.69) is 20.5 Å². The summed E-state index contributed by atoms with van der Waals surface area (Å²) >= 11 is 0. The van der Waals surface area contributed by atoms with Crippen LogP contribution in [0.25, 0.3) is 5.65 Å². The van der Waals surface area contributed by atoms with E-state index in [1.165, 1.54) is 10.7 Å². The summed E-state index contributed by atoms with van der Waals surface area (Å²) in [5, 5.41) is 20.7. The van der Waals surface area contributed by atoms with Crippen LogP contribution in [-0.2, 0) is 4.79 Å². The predicted octanol–water partition coefficient (Wildman–Crippen LogP) is -0.0372. The molecular formula is C10H12N6O2. The van der Waals surface area contributed by atoms with E-state index in [0.717, 1.165) is 6.42 Å². The van der Waals surface area contributed by atoms with Crippen LogP contribution in [0.2, 0.25) is 0 Å². The molecule has 8 nitrogen and oxygen atoms in total. The molecule has 0 amide bonds. The highest BCUT2D eigenvalue weighted by molar-refractivity contribution is 5.83. The van der Waals surface area contributed by atoms with Crippen LogP contribution >= 0.6 is 0 Å². The molecule has 1 unspecified atom stereocenters. The van der Waals surface area contributed by atoms with Crippen LogP contribution in [0, 0.1) is 0 Å². The smallest absolute Gasteiger partial charge is 0.329 e. The van der Waals surface area contributed by atoms with Gasteiger partial charge in [0.1, 0.15) is 5.54 Å². The number of carbonyl (C=O) groups is 1. The standard InChI is InChI=1S/C10H12N6O2/c1-10(9(17)18)3-2-4-15(10)8-6-11-5-7-12-13-14-16(7)8/h5-6H,2-4H2,1H3,(H,17,18). The average Bonchev–Trinajstić information content (AvgIpc) is 2.95. The van der Waals surface area contributed by atoms with Crippen LogP contribution < -0.4 is 4.90 Å². The summed E-state index contributed by atoms with van der Waals surface area (Å²) in [7, 11) is 0. The highest BCUT2D eigenvalue weighted by atomic mass is 16.4. The van der Waals surface area contributed by atoms with Gasteiger partial charge in [-0.05, 0) is 30.2 Å². The fraction of sp³-hybridized carbons (Fsp3) is 0.500. The molecule has 18 heavy (non-hydrogen) atoms. The van der Waals surface area contributed by atoms with Gasteiger partial charge in [0, 0.05) is 6.54 Å². The number of nitrogens with zero attached hydrogens (tertiary/aromatic N) is 6. The molecule has 2 aromatic rings. The van der Waals surface area contributed by atoms with Crippen LogP contribution in [0.3, 0.4) is 0 Å². The van der Waals surface area contributed by atoms with Gasteiger partial charge in [0.05, 0.1) is 12.4 Å².